The van der Waals surface area contributed by atoms with E-state index in [0.717, 1.165) is 5.56 Å². The van der Waals surface area contributed by atoms with Crippen molar-refractivity contribution in [3.05, 3.63) is 105 Å². The molecule has 6 heteroatoms. The van der Waals surface area contributed by atoms with Crippen LogP contribution in [0.4, 0.5) is 0 Å². The normalized spacial score (nSPS) is 11.6. The van der Waals surface area contributed by atoms with E-state index >= 15 is 0 Å². The monoisotopic (exact) mass is 423 g/mol. The summed E-state index contributed by atoms with van der Waals surface area (Å²) in [6.45, 7) is 0. The molecule has 0 aliphatic rings. The molecular weight excluding hydrogens is 406 g/mol. The molecule has 0 aliphatic heterocycles. The number of aromatic amines is 1. The van der Waals surface area contributed by atoms with Crippen molar-refractivity contribution in [1.29, 1.82) is 0 Å². The number of nitrogens with one attached hydrogen (secondary N) is 1. The van der Waals surface area contributed by atoms with E-state index in [1.165, 1.54) is 0 Å². The molecule has 1 N–H and O–H groups in total. The van der Waals surface area contributed by atoms with Crippen molar-refractivity contribution >= 4 is 32.3 Å². The largest absolute Gasteiger partial charge is 0.322 e. The number of pyridine rings is 1. The second-order valence-electron chi connectivity index (χ2n) is 6.88. The van der Waals surface area contributed by atoms with Crippen LogP contribution in [0.25, 0.3) is 22.0 Å². The molecule has 1 aromatic heterocycles. The highest BCUT2D eigenvalue weighted by Crippen LogP contribution is 2.32. The number of hydrogen-bond acceptors (Lipinski definition) is 3. The van der Waals surface area contributed by atoms with Crippen LogP contribution >= 0.6 is 11.6 Å². The number of fused-ring (bicyclic) bond motifs is 1. The van der Waals surface area contributed by atoms with E-state index in [2.05, 4.69) is 4.98 Å². The minimum absolute atomic E-state index is 0.130. The number of aromatic nitrogens is 1. The third-order valence-electron chi connectivity index (χ3n) is 4.73. The Kier molecular flexibility index (Phi) is 5.26. The average molecular weight is 424 g/mol. The Balaban J connectivity index is 1.90. The Labute approximate surface area is 173 Å². The lowest BCUT2D eigenvalue weighted by molar-refractivity contribution is 0.594. The van der Waals surface area contributed by atoms with Crippen molar-refractivity contribution in [2.75, 3.05) is 0 Å². The fourth-order valence-corrected chi connectivity index (χ4v) is 5.17. The van der Waals surface area contributed by atoms with Gasteiger partial charge >= 0.3 is 0 Å². The summed E-state index contributed by atoms with van der Waals surface area (Å²) in [5.74, 6) is -0.487. The van der Waals surface area contributed by atoms with E-state index in [-0.39, 0.29) is 17.1 Å². The molecule has 0 fully saturated rings. The fraction of sp³-hybridized carbons (Fsp3) is 0.0870. The Morgan fingerprint density at radius 2 is 1.48 bits per heavy atom. The van der Waals surface area contributed by atoms with Gasteiger partial charge in [0.2, 0.25) is 0 Å². The Morgan fingerprint density at radius 1 is 0.828 bits per heavy atom. The summed E-state index contributed by atoms with van der Waals surface area (Å²) < 4.78 is 25.9. The van der Waals surface area contributed by atoms with Crippen molar-refractivity contribution in [2.45, 2.75) is 11.5 Å². The molecule has 3 aromatic carbocycles. The summed E-state index contributed by atoms with van der Waals surface area (Å²) in [5.41, 5.74) is 2.49. The first-order valence-corrected chi connectivity index (χ1v) is 11.3. The second kappa shape index (κ2) is 7.85. The van der Waals surface area contributed by atoms with Gasteiger partial charge in [-0.05, 0) is 29.3 Å². The lowest BCUT2D eigenvalue weighted by Gasteiger charge is -2.14. The molecule has 0 bridgehead atoms. The van der Waals surface area contributed by atoms with Crippen LogP contribution in [0.2, 0.25) is 5.02 Å². The summed E-state index contributed by atoms with van der Waals surface area (Å²) in [6, 6.07) is 23.4. The Hall–Kier alpha value is -2.89. The minimum atomic E-state index is -3.57. The lowest BCUT2D eigenvalue weighted by Crippen LogP contribution is -2.19. The number of benzene rings is 3. The molecule has 29 heavy (non-hydrogen) atoms. The van der Waals surface area contributed by atoms with Crippen molar-refractivity contribution in [3.63, 3.8) is 0 Å². The van der Waals surface area contributed by atoms with Crippen LogP contribution in [0.5, 0.6) is 0 Å². The number of halogens is 1. The van der Waals surface area contributed by atoms with E-state index in [9.17, 15) is 13.2 Å². The summed E-state index contributed by atoms with van der Waals surface area (Å²) >= 11 is 6.20. The highest BCUT2D eigenvalue weighted by Gasteiger charge is 2.21. The van der Waals surface area contributed by atoms with Crippen LogP contribution in [0.3, 0.4) is 0 Å². The molecule has 4 aromatic rings. The maximum atomic E-state index is 12.9. The molecule has 0 aliphatic carbocycles. The zero-order chi connectivity index (χ0) is 20.4. The molecule has 146 valence electrons. The van der Waals surface area contributed by atoms with Crippen molar-refractivity contribution in [1.82, 2.24) is 4.98 Å². The second-order valence-corrected chi connectivity index (χ2v) is 9.38. The van der Waals surface area contributed by atoms with Crippen molar-refractivity contribution < 1.29 is 8.42 Å². The van der Waals surface area contributed by atoms with Gasteiger partial charge < -0.3 is 4.98 Å². The van der Waals surface area contributed by atoms with E-state index in [1.54, 1.807) is 42.5 Å². The van der Waals surface area contributed by atoms with E-state index in [0.29, 0.717) is 27.1 Å². The van der Waals surface area contributed by atoms with Gasteiger partial charge in [-0.2, -0.15) is 0 Å². The van der Waals surface area contributed by atoms with E-state index in [4.69, 9.17) is 11.6 Å². The van der Waals surface area contributed by atoms with Gasteiger partial charge in [0.25, 0.3) is 5.56 Å². The van der Waals surface area contributed by atoms with Gasteiger partial charge in [0.05, 0.1) is 11.5 Å². The number of sulfone groups is 1. The van der Waals surface area contributed by atoms with Gasteiger partial charge in [0.15, 0.2) is 9.84 Å². The molecule has 0 atom stereocenters. The molecule has 0 amide bonds. The Morgan fingerprint density at radius 3 is 2.17 bits per heavy atom. The van der Waals surface area contributed by atoms with Gasteiger partial charge in [-0.3, -0.25) is 4.79 Å². The first-order chi connectivity index (χ1) is 13.9. The summed E-state index contributed by atoms with van der Waals surface area (Å²) in [4.78, 5) is 15.7. The third-order valence-corrected chi connectivity index (χ3v) is 6.47. The minimum Gasteiger partial charge on any atom is -0.322 e. The fourth-order valence-electron chi connectivity index (χ4n) is 3.48. The van der Waals surface area contributed by atoms with Gasteiger partial charge in [0.1, 0.15) is 0 Å². The van der Waals surface area contributed by atoms with Crippen molar-refractivity contribution in [3.8, 4) is 11.1 Å². The number of hydrogen-bond donors (Lipinski definition) is 1. The van der Waals surface area contributed by atoms with Gasteiger partial charge in [-0.15, -0.1) is 0 Å². The van der Waals surface area contributed by atoms with Gasteiger partial charge in [0, 0.05) is 27.1 Å². The molecule has 4 rings (SSSR count). The standard InChI is InChI=1S/C23H18ClNO3S/c24-18-11-12-21-19(13-18)22(17-9-5-2-6-10-17)20(23(26)25-21)15-29(27,28)14-16-7-3-1-4-8-16/h1-13H,14-15H2,(H,25,26). The third kappa shape index (κ3) is 4.26. The lowest BCUT2D eigenvalue weighted by atomic mass is 9.97. The quantitative estimate of drug-likeness (QED) is 0.493. The first-order valence-electron chi connectivity index (χ1n) is 9.07. The van der Waals surface area contributed by atoms with Crippen LogP contribution in [0.15, 0.2) is 83.7 Å². The smallest absolute Gasteiger partial charge is 0.253 e. The highest BCUT2D eigenvalue weighted by molar-refractivity contribution is 7.89. The predicted octanol–water partition coefficient (Wildman–Crippen LogP) is 4.96. The SMILES string of the molecule is O=c1[nH]c2ccc(Cl)cc2c(-c2ccccc2)c1CS(=O)(=O)Cc1ccccc1. The topological polar surface area (TPSA) is 67.0 Å². The van der Waals surface area contributed by atoms with Crippen LogP contribution in [0.1, 0.15) is 11.1 Å². The molecule has 1 heterocycles. The molecule has 0 radical (unpaired) electrons. The number of H-pyrrole nitrogens is 1. The zero-order valence-corrected chi connectivity index (χ0v) is 17.0. The van der Waals surface area contributed by atoms with Crippen LogP contribution in [-0.4, -0.2) is 13.4 Å². The molecule has 0 unspecified atom stereocenters. The molecular formula is C23H18ClNO3S. The molecule has 0 saturated carbocycles. The van der Waals surface area contributed by atoms with Gasteiger partial charge in [-0.1, -0.05) is 72.3 Å². The molecule has 0 saturated heterocycles. The van der Waals surface area contributed by atoms with E-state index < -0.39 is 15.4 Å². The highest BCUT2D eigenvalue weighted by atomic mass is 35.5. The summed E-state index contributed by atoms with van der Waals surface area (Å²) in [7, 11) is -3.57. The zero-order valence-electron chi connectivity index (χ0n) is 15.4. The maximum absolute atomic E-state index is 12.9. The predicted molar refractivity (Wildman–Crippen MR) is 118 cm³/mol. The molecule has 4 nitrogen and oxygen atoms in total. The molecule has 0 spiro atoms. The summed E-state index contributed by atoms with van der Waals surface area (Å²) in [6.07, 6.45) is 0. The van der Waals surface area contributed by atoms with Gasteiger partial charge in [-0.25, -0.2) is 8.42 Å². The first kappa shape index (κ1) is 19.4. The maximum Gasteiger partial charge on any atom is 0.253 e. The van der Waals surface area contributed by atoms with Crippen molar-refractivity contribution in [2.24, 2.45) is 0 Å². The van der Waals surface area contributed by atoms with Crippen LogP contribution < -0.4 is 5.56 Å². The summed E-state index contributed by atoms with van der Waals surface area (Å²) in [5, 5.41) is 1.23. The van der Waals surface area contributed by atoms with Crippen LogP contribution in [0, 0.1) is 0 Å². The Bertz CT molecular complexity index is 1330. The average Bonchev–Trinajstić information content (AvgIpc) is 2.70. The van der Waals surface area contributed by atoms with E-state index in [1.807, 2.05) is 36.4 Å². The van der Waals surface area contributed by atoms with Crippen LogP contribution in [-0.2, 0) is 21.3 Å². The number of rotatable bonds is 5.